The second kappa shape index (κ2) is 13.0. The molecule has 2 heteroatoms. The lowest BCUT2D eigenvalue weighted by atomic mass is 9.69. The molecule has 2 aliphatic rings. The van der Waals surface area contributed by atoms with Gasteiger partial charge >= 0.3 is 0 Å². The molecule has 36 heavy (non-hydrogen) atoms. The van der Waals surface area contributed by atoms with E-state index in [0.29, 0.717) is 17.6 Å². The van der Waals surface area contributed by atoms with Crippen molar-refractivity contribution in [2.75, 3.05) is 0 Å². The zero-order valence-corrected chi connectivity index (χ0v) is 23.2. The number of ketones is 2. The van der Waals surface area contributed by atoms with E-state index in [1.165, 1.54) is 18.4 Å². The van der Waals surface area contributed by atoms with Crippen molar-refractivity contribution in [3.05, 3.63) is 88.0 Å². The number of carbonyl (C=O) groups is 2. The number of allylic oxidation sites excluding steroid dienone is 4. The molecule has 2 nitrogen and oxygen atoms in total. The van der Waals surface area contributed by atoms with E-state index in [1.54, 1.807) is 0 Å². The first kappa shape index (κ1) is 27.8. The van der Waals surface area contributed by atoms with Gasteiger partial charge in [0.15, 0.2) is 11.6 Å². The van der Waals surface area contributed by atoms with E-state index in [1.807, 2.05) is 38.1 Å². The fourth-order valence-corrected chi connectivity index (χ4v) is 5.52. The van der Waals surface area contributed by atoms with Gasteiger partial charge in [-0.1, -0.05) is 108 Å². The summed E-state index contributed by atoms with van der Waals surface area (Å²) in [5.74, 6) is 0.455. The molecular formula is C34H44O2. The number of hydrogen-bond acceptors (Lipinski definition) is 2. The highest BCUT2D eigenvalue weighted by Crippen LogP contribution is 2.44. The minimum atomic E-state index is -0.293. The smallest absolute Gasteiger partial charge is 0.167 e. The first-order chi connectivity index (χ1) is 17.3. The molecule has 0 radical (unpaired) electrons. The van der Waals surface area contributed by atoms with Crippen molar-refractivity contribution < 1.29 is 9.59 Å². The molecular weight excluding hydrogens is 440 g/mol. The van der Waals surface area contributed by atoms with Gasteiger partial charge in [0.05, 0.1) is 0 Å². The van der Waals surface area contributed by atoms with Gasteiger partial charge in [0.1, 0.15) is 0 Å². The topological polar surface area (TPSA) is 34.1 Å². The van der Waals surface area contributed by atoms with Crippen LogP contribution < -0.4 is 0 Å². The first-order valence-corrected chi connectivity index (χ1v) is 14.0. The molecule has 0 N–H and O–H groups in total. The molecule has 2 unspecified atom stereocenters. The first-order valence-electron chi connectivity index (χ1n) is 14.0. The minimum absolute atomic E-state index is 0.134. The lowest BCUT2D eigenvalue weighted by Crippen LogP contribution is -2.36. The van der Waals surface area contributed by atoms with Gasteiger partial charge in [-0.05, 0) is 60.8 Å². The molecule has 0 saturated heterocycles. The standard InChI is InChI=1S/C31H36O2.C3H8/c1-5-23-15-17-25(18-16-23)28(26-14-10-9-11-20(26)2)29-27(19-24-12-7-6-8-13-24)30(32)21(3)22(4)31(29)33;1-3-2/h6-14,21-23H,5,15-19H2,1-4H3;3H2,1-2H3. The molecule has 2 atom stereocenters. The summed E-state index contributed by atoms with van der Waals surface area (Å²) in [5, 5.41) is 0. The molecule has 0 bridgehead atoms. The zero-order chi connectivity index (χ0) is 26.2. The SMILES string of the molecule is CCC.CCC1CCC(=C(C2=C(Cc3ccccc3)C(=O)C(C)C(C)C2=O)c2ccccc2C)CC1. The summed E-state index contributed by atoms with van der Waals surface area (Å²) < 4.78 is 0. The van der Waals surface area contributed by atoms with Crippen LogP contribution in [-0.4, -0.2) is 11.6 Å². The Morgan fingerprint density at radius 3 is 1.94 bits per heavy atom. The van der Waals surface area contributed by atoms with Crippen LogP contribution in [0.3, 0.4) is 0 Å². The van der Waals surface area contributed by atoms with Gasteiger partial charge in [-0.15, -0.1) is 0 Å². The van der Waals surface area contributed by atoms with Crippen molar-refractivity contribution in [3.63, 3.8) is 0 Å². The van der Waals surface area contributed by atoms with Gasteiger partial charge in [0, 0.05) is 29.4 Å². The highest BCUT2D eigenvalue weighted by atomic mass is 16.1. The highest BCUT2D eigenvalue weighted by Gasteiger charge is 2.40. The number of benzene rings is 2. The van der Waals surface area contributed by atoms with Crippen molar-refractivity contribution in [2.45, 2.75) is 86.5 Å². The average molecular weight is 485 g/mol. The molecule has 1 saturated carbocycles. The molecule has 192 valence electrons. The van der Waals surface area contributed by atoms with Crippen molar-refractivity contribution in [2.24, 2.45) is 17.8 Å². The molecule has 1 fully saturated rings. The summed E-state index contributed by atoms with van der Waals surface area (Å²) in [4.78, 5) is 27.6. The minimum Gasteiger partial charge on any atom is -0.294 e. The van der Waals surface area contributed by atoms with Gasteiger partial charge in [-0.25, -0.2) is 0 Å². The molecule has 2 aromatic rings. The Labute approximate surface area is 218 Å². The quantitative estimate of drug-likeness (QED) is 0.425. The van der Waals surface area contributed by atoms with Crippen LogP contribution in [0.2, 0.25) is 0 Å². The molecule has 0 aromatic heterocycles. The van der Waals surface area contributed by atoms with Crippen LogP contribution in [0.25, 0.3) is 5.57 Å². The van der Waals surface area contributed by atoms with Crippen LogP contribution in [0, 0.1) is 24.7 Å². The van der Waals surface area contributed by atoms with E-state index in [9.17, 15) is 9.59 Å². The molecule has 0 aliphatic heterocycles. The maximum absolute atomic E-state index is 13.9. The Bertz CT molecular complexity index is 1110. The maximum Gasteiger partial charge on any atom is 0.167 e. The summed E-state index contributed by atoms with van der Waals surface area (Å²) in [6, 6.07) is 18.5. The maximum atomic E-state index is 13.9. The summed E-state index contributed by atoms with van der Waals surface area (Å²) in [5.41, 5.74) is 7.19. The van der Waals surface area contributed by atoms with Crippen LogP contribution in [0.1, 0.15) is 89.8 Å². The van der Waals surface area contributed by atoms with E-state index in [0.717, 1.165) is 53.9 Å². The Balaban J connectivity index is 0.00000115. The molecule has 4 rings (SSSR count). The van der Waals surface area contributed by atoms with E-state index < -0.39 is 0 Å². The van der Waals surface area contributed by atoms with Crippen LogP contribution in [0.4, 0.5) is 0 Å². The van der Waals surface area contributed by atoms with Gasteiger partial charge in [-0.2, -0.15) is 0 Å². The van der Waals surface area contributed by atoms with Gasteiger partial charge in [0.25, 0.3) is 0 Å². The second-order valence-corrected chi connectivity index (χ2v) is 10.7. The molecule has 0 amide bonds. The number of Topliss-reactive ketones (excluding diaryl/α,β-unsaturated/α-hetero) is 2. The highest BCUT2D eigenvalue weighted by molar-refractivity contribution is 6.22. The monoisotopic (exact) mass is 484 g/mol. The van der Waals surface area contributed by atoms with Gasteiger partial charge in [-0.3, -0.25) is 9.59 Å². The number of hydrogen-bond donors (Lipinski definition) is 0. The Morgan fingerprint density at radius 2 is 1.36 bits per heavy atom. The van der Waals surface area contributed by atoms with Crippen LogP contribution in [0.5, 0.6) is 0 Å². The van der Waals surface area contributed by atoms with E-state index in [-0.39, 0.29) is 23.4 Å². The third kappa shape index (κ3) is 6.14. The van der Waals surface area contributed by atoms with E-state index >= 15 is 0 Å². The van der Waals surface area contributed by atoms with Crippen LogP contribution in [0.15, 0.2) is 71.3 Å². The Kier molecular flexibility index (Phi) is 10.0. The summed E-state index contributed by atoms with van der Waals surface area (Å²) in [6.07, 6.45) is 7.32. The summed E-state index contributed by atoms with van der Waals surface area (Å²) in [7, 11) is 0. The fourth-order valence-electron chi connectivity index (χ4n) is 5.52. The summed E-state index contributed by atoms with van der Waals surface area (Å²) in [6.45, 7) is 12.5. The normalized spacial score (nSPS) is 22.3. The van der Waals surface area contributed by atoms with Crippen LogP contribution >= 0.6 is 0 Å². The predicted octanol–water partition coefficient (Wildman–Crippen LogP) is 8.73. The Hall–Kier alpha value is -2.74. The second-order valence-electron chi connectivity index (χ2n) is 10.7. The summed E-state index contributed by atoms with van der Waals surface area (Å²) >= 11 is 0. The lowest BCUT2D eigenvalue weighted by Gasteiger charge is -2.33. The zero-order valence-electron chi connectivity index (χ0n) is 23.2. The number of carbonyl (C=O) groups excluding carboxylic acids is 2. The van der Waals surface area contributed by atoms with Gasteiger partial charge in [0.2, 0.25) is 0 Å². The third-order valence-electron chi connectivity index (χ3n) is 7.95. The Morgan fingerprint density at radius 1 is 0.806 bits per heavy atom. The predicted molar refractivity (Wildman–Crippen MR) is 152 cm³/mol. The largest absolute Gasteiger partial charge is 0.294 e. The van der Waals surface area contributed by atoms with Crippen molar-refractivity contribution in [1.82, 2.24) is 0 Å². The average Bonchev–Trinajstić information content (AvgIpc) is 2.90. The van der Waals surface area contributed by atoms with E-state index in [4.69, 9.17) is 0 Å². The molecule has 0 heterocycles. The fraction of sp³-hybridized carbons (Fsp3) is 0.471. The van der Waals surface area contributed by atoms with Crippen molar-refractivity contribution >= 4 is 17.1 Å². The third-order valence-corrected chi connectivity index (χ3v) is 7.95. The lowest BCUT2D eigenvalue weighted by molar-refractivity contribution is -0.129. The van der Waals surface area contributed by atoms with Crippen LogP contribution in [-0.2, 0) is 16.0 Å². The molecule has 0 spiro atoms. The van der Waals surface area contributed by atoms with Crippen molar-refractivity contribution in [3.8, 4) is 0 Å². The van der Waals surface area contributed by atoms with Gasteiger partial charge < -0.3 is 0 Å². The molecule has 2 aromatic carbocycles. The van der Waals surface area contributed by atoms with E-state index in [2.05, 4.69) is 58.0 Å². The number of aryl methyl sites for hydroxylation is 1. The van der Waals surface area contributed by atoms with Crippen molar-refractivity contribution in [1.29, 1.82) is 0 Å². The molecule has 2 aliphatic carbocycles. The number of rotatable bonds is 5.